The number of carbonyl (C=O) groups is 2. The lowest BCUT2D eigenvalue weighted by Crippen LogP contribution is -2.22. The average Bonchev–Trinajstić information content (AvgIpc) is 2.53. The Bertz CT molecular complexity index is 755. The molecule has 0 heterocycles. The zero-order valence-corrected chi connectivity index (χ0v) is 14.9. The summed E-state index contributed by atoms with van der Waals surface area (Å²) in [6, 6.07) is 10.6. The predicted octanol–water partition coefficient (Wildman–Crippen LogP) is 4.33. The van der Waals surface area contributed by atoms with Crippen LogP contribution in [0.2, 0.25) is 10.0 Å². The van der Waals surface area contributed by atoms with Crippen molar-refractivity contribution in [3.63, 3.8) is 0 Å². The molecule has 0 aromatic heterocycles. The highest BCUT2D eigenvalue weighted by Gasteiger charge is 2.14. The first kappa shape index (κ1) is 18.3. The molecule has 2 rings (SSSR count). The van der Waals surface area contributed by atoms with Gasteiger partial charge in [0.2, 0.25) is 0 Å². The molecule has 0 aliphatic carbocycles. The van der Waals surface area contributed by atoms with E-state index in [4.69, 9.17) is 27.9 Å². The molecule has 0 saturated heterocycles. The number of nitrogens with one attached hydrogen (secondary N) is 1. The van der Waals surface area contributed by atoms with Crippen LogP contribution in [0, 0.1) is 13.8 Å². The Morgan fingerprint density at radius 3 is 2.33 bits per heavy atom. The number of halogens is 2. The first-order valence-electron chi connectivity index (χ1n) is 7.33. The summed E-state index contributed by atoms with van der Waals surface area (Å²) in [6.45, 7) is 3.50. The quantitative estimate of drug-likeness (QED) is 0.802. The van der Waals surface area contributed by atoms with Crippen LogP contribution in [0.5, 0.6) is 0 Å². The van der Waals surface area contributed by atoms with Crippen LogP contribution in [-0.4, -0.2) is 18.5 Å². The molecule has 2 aromatic rings. The van der Waals surface area contributed by atoms with E-state index in [1.54, 1.807) is 24.3 Å². The number of ether oxygens (including phenoxy) is 1. The van der Waals surface area contributed by atoms with Gasteiger partial charge in [0.25, 0.3) is 5.91 Å². The minimum Gasteiger partial charge on any atom is -0.455 e. The van der Waals surface area contributed by atoms with E-state index < -0.39 is 11.9 Å². The second-order valence-corrected chi connectivity index (χ2v) is 6.15. The highest BCUT2D eigenvalue weighted by molar-refractivity contribution is 6.36. The van der Waals surface area contributed by atoms with E-state index in [9.17, 15) is 9.59 Å². The number of hydrogen-bond acceptors (Lipinski definition) is 3. The molecule has 1 N–H and O–H groups in total. The Morgan fingerprint density at radius 2 is 1.67 bits per heavy atom. The molecule has 126 valence electrons. The van der Waals surface area contributed by atoms with Crippen LogP contribution in [-0.2, 0) is 20.7 Å². The number of carbonyl (C=O) groups excluding carboxylic acids is 2. The Kier molecular flexibility index (Phi) is 6.23. The van der Waals surface area contributed by atoms with Gasteiger partial charge in [0.05, 0.1) is 6.42 Å². The first-order valence-corrected chi connectivity index (χ1v) is 8.08. The molecule has 0 saturated carbocycles. The van der Waals surface area contributed by atoms with Crippen LogP contribution in [0.15, 0.2) is 36.4 Å². The lowest BCUT2D eigenvalue weighted by Gasteiger charge is -2.11. The van der Waals surface area contributed by atoms with E-state index in [0.717, 1.165) is 11.1 Å². The predicted molar refractivity (Wildman–Crippen MR) is 95.7 cm³/mol. The number of amides is 1. The Hall–Kier alpha value is -2.04. The van der Waals surface area contributed by atoms with Crippen molar-refractivity contribution in [3.8, 4) is 0 Å². The Morgan fingerprint density at radius 1 is 1.04 bits per heavy atom. The lowest BCUT2D eigenvalue weighted by molar-refractivity contribution is -0.146. The standard InChI is InChI=1S/C18H17Cl2NO3/c1-11-5-3-8-16(12(11)2)21-17(22)10-24-18(23)9-13-14(19)6-4-7-15(13)20/h3-8H,9-10H2,1-2H3,(H,21,22). The fraction of sp³-hybridized carbons (Fsp3) is 0.222. The lowest BCUT2D eigenvalue weighted by atomic mass is 10.1. The van der Waals surface area contributed by atoms with E-state index in [0.29, 0.717) is 21.3 Å². The Labute approximate surface area is 150 Å². The van der Waals surface area contributed by atoms with E-state index in [1.807, 2.05) is 26.0 Å². The van der Waals surface area contributed by atoms with Gasteiger partial charge in [-0.3, -0.25) is 9.59 Å². The minimum absolute atomic E-state index is 0.0880. The van der Waals surface area contributed by atoms with Crippen molar-refractivity contribution in [2.24, 2.45) is 0 Å². The molecule has 0 atom stereocenters. The van der Waals surface area contributed by atoms with Gasteiger partial charge in [-0.05, 0) is 43.2 Å². The number of esters is 1. The molecule has 2 aromatic carbocycles. The summed E-state index contributed by atoms with van der Waals surface area (Å²) in [4.78, 5) is 23.8. The van der Waals surface area contributed by atoms with Crippen molar-refractivity contribution in [3.05, 3.63) is 63.1 Å². The van der Waals surface area contributed by atoms with E-state index in [2.05, 4.69) is 5.32 Å². The number of anilines is 1. The van der Waals surface area contributed by atoms with Gasteiger partial charge in [-0.1, -0.05) is 41.4 Å². The van der Waals surface area contributed by atoms with Crippen molar-refractivity contribution in [2.75, 3.05) is 11.9 Å². The fourth-order valence-electron chi connectivity index (χ4n) is 2.12. The van der Waals surface area contributed by atoms with Crippen LogP contribution in [0.25, 0.3) is 0 Å². The summed E-state index contributed by atoms with van der Waals surface area (Å²) in [5, 5.41) is 3.50. The summed E-state index contributed by atoms with van der Waals surface area (Å²) in [5.41, 5.74) is 3.23. The number of benzene rings is 2. The van der Waals surface area contributed by atoms with Crippen LogP contribution < -0.4 is 5.32 Å². The van der Waals surface area contributed by atoms with E-state index >= 15 is 0 Å². The third-order valence-corrected chi connectivity index (χ3v) is 4.33. The zero-order valence-electron chi connectivity index (χ0n) is 13.4. The molecule has 24 heavy (non-hydrogen) atoms. The van der Waals surface area contributed by atoms with Crippen LogP contribution in [0.3, 0.4) is 0 Å². The maximum atomic E-state index is 11.9. The Balaban J connectivity index is 1.90. The van der Waals surface area contributed by atoms with Crippen molar-refractivity contribution < 1.29 is 14.3 Å². The van der Waals surface area contributed by atoms with Gasteiger partial charge in [0.15, 0.2) is 6.61 Å². The van der Waals surface area contributed by atoms with Gasteiger partial charge in [-0.15, -0.1) is 0 Å². The van der Waals surface area contributed by atoms with E-state index in [-0.39, 0.29) is 13.0 Å². The molecule has 0 unspecified atom stereocenters. The van der Waals surface area contributed by atoms with Gasteiger partial charge in [-0.25, -0.2) is 0 Å². The molecule has 0 aliphatic heterocycles. The molecule has 6 heteroatoms. The molecule has 0 radical (unpaired) electrons. The van der Waals surface area contributed by atoms with Crippen LogP contribution >= 0.6 is 23.2 Å². The second kappa shape index (κ2) is 8.18. The normalized spacial score (nSPS) is 10.3. The van der Waals surface area contributed by atoms with Gasteiger partial charge < -0.3 is 10.1 Å². The third-order valence-electron chi connectivity index (χ3n) is 3.63. The molecule has 0 bridgehead atoms. The first-order chi connectivity index (χ1) is 11.4. The topological polar surface area (TPSA) is 55.4 Å². The highest BCUT2D eigenvalue weighted by atomic mass is 35.5. The summed E-state index contributed by atoms with van der Waals surface area (Å²) < 4.78 is 4.99. The smallest absolute Gasteiger partial charge is 0.310 e. The average molecular weight is 366 g/mol. The van der Waals surface area contributed by atoms with Gasteiger partial charge in [-0.2, -0.15) is 0 Å². The summed E-state index contributed by atoms with van der Waals surface area (Å²) in [5.74, 6) is -0.969. The summed E-state index contributed by atoms with van der Waals surface area (Å²) in [6.07, 6.45) is -0.0880. The molecular weight excluding hydrogens is 349 g/mol. The number of rotatable bonds is 5. The summed E-state index contributed by atoms with van der Waals surface area (Å²) >= 11 is 12.0. The van der Waals surface area contributed by atoms with Crippen molar-refractivity contribution >= 4 is 40.8 Å². The maximum Gasteiger partial charge on any atom is 0.310 e. The minimum atomic E-state index is -0.568. The largest absolute Gasteiger partial charge is 0.455 e. The molecule has 0 spiro atoms. The number of hydrogen-bond donors (Lipinski definition) is 1. The molecule has 4 nitrogen and oxygen atoms in total. The van der Waals surface area contributed by atoms with Crippen LogP contribution in [0.4, 0.5) is 5.69 Å². The summed E-state index contributed by atoms with van der Waals surface area (Å²) in [7, 11) is 0. The SMILES string of the molecule is Cc1cccc(NC(=O)COC(=O)Cc2c(Cl)cccc2Cl)c1C. The monoisotopic (exact) mass is 365 g/mol. The molecule has 0 aliphatic rings. The van der Waals surface area contributed by atoms with Gasteiger partial charge >= 0.3 is 5.97 Å². The third kappa shape index (κ3) is 4.73. The van der Waals surface area contributed by atoms with Crippen molar-refractivity contribution in [1.29, 1.82) is 0 Å². The number of aryl methyl sites for hydroxylation is 1. The van der Waals surface area contributed by atoms with Crippen molar-refractivity contribution in [1.82, 2.24) is 0 Å². The highest BCUT2D eigenvalue weighted by Crippen LogP contribution is 2.25. The maximum absolute atomic E-state index is 11.9. The van der Waals surface area contributed by atoms with Gasteiger partial charge in [0, 0.05) is 21.3 Å². The fourth-order valence-corrected chi connectivity index (χ4v) is 2.65. The van der Waals surface area contributed by atoms with Crippen LogP contribution in [0.1, 0.15) is 16.7 Å². The molecular formula is C18H17Cl2NO3. The zero-order chi connectivity index (χ0) is 17.7. The molecule has 1 amide bonds. The molecule has 0 fully saturated rings. The van der Waals surface area contributed by atoms with Crippen molar-refractivity contribution in [2.45, 2.75) is 20.3 Å². The second-order valence-electron chi connectivity index (χ2n) is 5.33. The van der Waals surface area contributed by atoms with E-state index in [1.165, 1.54) is 0 Å². The van der Waals surface area contributed by atoms with Gasteiger partial charge in [0.1, 0.15) is 0 Å².